The van der Waals surface area contributed by atoms with Crippen molar-refractivity contribution in [1.82, 2.24) is 14.7 Å². The third kappa shape index (κ3) is 3.43. The molecule has 2 fully saturated rings. The second-order valence-electron chi connectivity index (χ2n) is 5.78. The number of likely N-dealkylation sites (tertiary alicyclic amines) is 1. The summed E-state index contributed by atoms with van der Waals surface area (Å²) in [7, 11) is 2.12. The maximum Gasteiger partial charge on any atom is 0.236 e. The number of nitrogens with two attached hydrogens (primary N) is 1. The minimum atomic E-state index is 0.283. The maximum atomic E-state index is 12.2. The number of hydrogen-bond donors (Lipinski definition) is 1. The lowest BCUT2D eigenvalue weighted by Crippen LogP contribution is -2.54. The van der Waals surface area contributed by atoms with Crippen molar-refractivity contribution in [3.05, 3.63) is 0 Å². The van der Waals surface area contributed by atoms with E-state index in [4.69, 9.17) is 5.73 Å². The van der Waals surface area contributed by atoms with E-state index in [1.165, 1.54) is 0 Å². The van der Waals surface area contributed by atoms with Crippen molar-refractivity contribution in [3.8, 4) is 0 Å². The molecule has 5 heteroatoms. The number of amides is 1. The van der Waals surface area contributed by atoms with Crippen LogP contribution >= 0.6 is 0 Å². The van der Waals surface area contributed by atoms with Crippen molar-refractivity contribution in [2.24, 2.45) is 5.73 Å². The molecule has 5 nitrogen and oxygen atoms in total. The van der Waals surface area contributed by atoms with Gasteiger partial charge in [-0.1, -0.05) is 0 Å². The molecule has 2 aliphatic rings. The molecule has 1 atom stereocenters. The second-order valence-corrected chi connectivity index (χ2v) is 5.78. The number of carbonyl (C=O) groups excluding carboxylic acids is 1. The lowest BCUT2D eigenvalue weighted by molar-refractivity contribution is -0.135. The molecule has 1 amide bonds. The van der Waals surface area contributed by atoms with Crippen molar-refractivity contribution in [3.63, 3.8) is 0 Å². The van der Waals surface area contributed by atoms with E-state index >= 15 is 0 Å². The highest BCUT2D eigenvalue weighted by Crippen LogP contribution is 2.11. The third-order valence-electron chi connectivity index (χ3n) is 4.30. The van der Waals surface area contributed by atoms with E-state index in [1.807, 2.05) is 4.90 Å². The van der Waals surface area contributed by atoms with Crippen LogP contribution < -0.4 is 5.73 Å². The molecule has 2 rings (SSSR count). The van der Waals surface area contributed by atoms with Gasteiger partial charge in [0.05, 0.1) is 6.54 Å². The third-order valence-corrected chi connectivity index (χ3v) is 4.30. The van der Waals surface area contributed by atoms with Gasteiger partial charge in [-0.05, 0) is 26.8 Å². The molecular weight excluding hydrogens is 228 g/mol. The zero-order valence-corrected chi connectivity index (χ0v) is 11.6. The Kier molecular flexibility index (Phi) is 4.59. The van der Waals surface area contributed by atoms with Gasteiger partial charge in [0, 0.05) is 44.8 Å². The Bertz CT molecular complexity index is 289. The molecule has 104 valence electrons. The Balaban J connectivity index is 1.78. The highest BCUT2D eigenvalue weighted by atomic mass is 16.2. The number of hydrogen-bond acceptors (Lipinski definition) is 4. The zero-order valence-electron chi connectivity index (χ0n) is 11.6. The molecule has 18 heavy (non-hydrogen) atoms. The summed E-state index contributed by atoms with van der Waals surface area (Å²) in [5, 5.41) is 0. The summed E-state index contributed by atoms with van der Waals surface area (Å²) in [6, 6.07) is 0.803. The van der Waals surface area contributed by atoms with E-state index in [2.05, 4.69) is 23.8 Å². The quantitative estimate of drug-likeness (QED) is 0.727. The van der Waals surface area contributed by atoms with Crippen LogP contribution in [0.2, 0.25) is 0 Å². The summed E-state index contributed by atoms with van der Waals surface area (Å²) in [6.45, 7) is 7.41. The predicted molar refractivity (Wildman–Crippen MR) is 72.3 cm³/mol. The second kappa shape index (κ2) is 5.99. The zero-order chi connectivity index (χ0) is 13.1. The molecule has 0 aromatic heterocycles. The first kappa shape index (κ1) is 13.8. The van der Waals surface area contributed by atoms with Crippen molar-refractivity contribution < 1.29 is 4.79 Å². The van der Waals surface area contributed by atoms with E-state index < -0.39 is 0 Å². The van der Waals surface area contributed by atoms with Gasteiger partial charge in [-0.25, -0.2) is 0 Å². The number of nitrogens with zero attached hydrogens (tertiary/aromatic N) is 3. The van der Waals surface area contributed by atoms with Crippen LogP contribution in [0, 0.1) is 0 Å². The molecule has 0 saturated carbocycles. The highest BCUT2D eigenvalue weighted by Gasteiger charge is 2.26. The van der Waals surface area contributed by atoms with Gasteiger partial charge in [0.1, 0.15) is 0 Å². The number of rotatable bonds is 2. The van der Waals surface area contributed by atoms with Gasteiger partial charge < -0.3 is 15.5 Å². The lowest BCUT2D eigenvalue weighted by Gasteiger charge is -2.39. The van der Waals surface area contributed by atoms with E-state index in [0.717, 1.165) is 45.6 Å². The molecule has 2 saturated heterocycles. The van der Waals surface area contributed by atoms with Gasteiger partial charge in [-0.15, -0.1) is 0 Å². The van der Waals surface area contributed by atoms with Crippen molar-refractivity contribution in [1.29, 1.82) is 0 Å². The molecular formula is C13H26N4O. The number of piperazine rings is 1. The minimum absolute atomic E-state index is 0.283. The fourth-order valence-electron chi connectivity index (χ4n) is 2.68. The monoisotopic (exact) mass is 254 g/mol. The van der Waals surface area contributed by atoms with Crippen LogP contribution in [0.5, 0.6) is 0 Å². The minimum Gasteiger partial charge on any atom is -0.339 e. The van der Waals surface area contributed by atoms with Crippen LogP contribution in [0.25, 0.3) is 0 Å². The molecule has 0 bridgehead atoms. The average Bonchev–Trinajstić information content (AvgIpc) is 2.35. The highest BCUT2D eigenvalue weighted by molar-refractivity contribution is 5.78. The molecule has 2 aliphatic heterocycles. The van der Waals surface area contributed by atoms with E-state index in [0.29, 0.717) is 18.6 Å². The molecule has 2 heterocycles. The fraction of sp³-hybridized carbons (Fsp3) is 0.923. The largest absolute Gasteiger partial charge is 0.339 e. The van der Waals surface area contributed by atoms with Crippen molar-refractivity contribution in [2.75, 3.05) is 46.3 Å². The van der Waals surface area contributed by atoms with E-state index in [1.54, 1.807) is 0 Å². The van der Waals surface area contributed by atoms with Gasteiger partial charge in [0.2, 0.25) is 5.91 Å². The van der Waals surface area contributed by atoms with Crippen LogP contribution in [0.3, 0.4) is 0 Å². The molecule has 0 aliphatic carbocycles. The van der Waals surface area contributed by atoms with Gasteiger partial charge >= 0.3 is 0 Å². The number of likely N-dealkylation sites (N-methyl/N-ethyl adjacent to an activating group) is 1. The van der Waals surface area contributed by atoms with Gasteiger partial charge in [0.15, 0.2) is 0 Å². The Morgan fingerprint density at radius 3 is 2.50 bits per heavy atom. The smallest absolute Gasteiger partial charge is 0.236 e. The Hall–Kier alpha value is -0.650. The summed E-state index contributed by atoms with van der Waals surface area (Å²) in [6.07, 6.45) is 2.04. The lowest BCUT2D eigenvalue weighted by atomic mass is 10.1. The first-order chi connectivity index (χ1) is 8.56. The van der Waals surface area contributed by atoms with Gasteiger partial charge in [-0.3, -0.25) is 9.69 Å². The number of carbonyl (C=O) groups is 1. The summed E-state index contributed by atoms with van der Waals surface area (Å²) < 4.78 is 0. The average molecular weight is 254 g/mol. The van der Waals surface area contributed by atoms with Crippen LogP contribution in [0.1, 0.15) is 19.8 Å². The van der Waals surface area contributed by atoms with Gasteiger partial charge in [0.25, 0.3) is 0 Å². The summed E-state index contributed by atoms with van der Waals surface area (Å²) in [5.41, 5.74) is 5.88. The standard InChI is InChI=1S/C13H26N4O/c1-11-9-17(8-7-15(11)2)13(18)10-16-5-3-12(14)4-6-16/h11-12H,3-10,14H2,1-2H3. The SMILES string of the molecule is CC1CN(C(=O)CN2CCC(N)CC2)CCN1C. The maximum absolute atomic E-state index is 12.2. The van der Waals surface area contributed by atoms with Crippen LogP contribution in [-0.4, -0.2) is 79.0 Å². The van der Waals surface area contributed by atoms with Crippen LogP contribution in [0.4, 0.5) is 0 Å². The Morgan fingerprint density at radius 1 is 1.22 bits per heavy atom. The molecule has 0 spiro atoms. The van der Waals surface area contributed by atoms with E-state index in [9.17, 15) is 4.79 Å². The number of piperidine rings is 1. The fourth-order valence-corrected chi connectivity index (χ4v) is 2.68. The molecule has 0 aromatic carbocycles. The topological polar surface area (TPSA) is 52.8 Å². The van der Waals surface area contributed by atoms with Crippen LogP contribution in [-0.2, 0) is 4.79 Å². The normalized spacial score (nSPS) is 28.6. The van der Waals surface area contributed by atoms with Gasteiger partial charge in [-0.2, -0.15) is 0 Å². The van der Waals surface area contributed by atoms with Crippen molar-refractivity contribution in [2.45, 2.75) is 31.8 Å². The molecule has 0 aromatic rings. The molecule has 0 radical (unpaired) electrons. The summed E-state index contributed by atoms with van der Waals surface area (Å²) in [4.78, 5) is 18.8. The van der Waals surface area contributed by atoms with E-state index in [-0.39, 0.29) is 5.91 Å². The molecule has 2 N–H and O–H groups in total. The Labute approximate surface area is 110 Å². The first-order valence-electron chi connectivity index (χ1n) is 7.02. The Morgan fingerprint density at radius 2 is 1.89 bits per heavy atom. The van der Waals surface area contributed by atoms with Crippen LogP contribution in [0.15, 0.2) is 0 Å². The first-order valence-corrected chi connectivity index (χ1v) is 7.02. The predicted octanol–water partition coefficient (Wildman–Crippen LogP) is -0.428. The summed E-state index contributed by atoms with van der Waals surface area (Å²) >= 11 is 0. The molecule has 1 unspecified atom stereocenters. The van der Waals surface area contributed by atoms with Crippen molar-refractivity contribution >= 4 is 5.91 Å². The summed E-state index contributed by atoms with van der Waals surface area (Å²) in [5.74, 6) is 0.283.